The van der Waals surface area contributed by atoms with Crippen molar-refractivity contribution < 1.29 is 9.53 Å². The number of hydrogen-bond acceptors (Lipinski definition) is 3. The lowest BCUT2D eigenvalue weighted by atomic mass is 9.79. The topological polar surface area (TPSA) is 88.7 Å². The van der Waals surface area contributed by atoms with Crippen LogP contribution in [0.15, 0.2) is 59.6 Å². The highest BCUT2D eigenvalue weighted by Gasteiger charge is 2.35. The first-order valence-electron chi connectivity index (χ1n) is 10.6. The van der Waals surface area contributed by atoms with Gasteiger partial charge in [0.2, 0.25) is 0 Å². The van der Waals surface area contributed by atoms with Crippen molar-refractivity contribution in [2.24, 2.45) is 10.7 Å². The summed E-state index contributed by atoms with van der Waals surface area (Å²) in [5, 5.41) is 6.96. The third-order valence-corrected chi connectivity index (χ3v) is 5.78. The summed E-state index contributed by atoms with van der Waals surface area (Å²) in [6.07, 6.45) is 5.85. The first kappa shape index (κ1) is 25.0. The predicted octanol–water partition coefficient (Wildman–Crippen LogP) is 3.39. The summed E-state index contributed by atoms with van der Waals surface area (Å²) in [6.45, 7) is 1.56. The second-order valence-electron chi connectivity index (χ2n) is 7.85. The summed E-state index contributed by atoms with van der Waals surface area (Å²) >= 11 is 0. The van der Waals surface area contributed by atoms with Gasteiger partial charge in [-0.2, -0.15) is 0 Å². The summed E-state index contributed by atoms with van der Waals surface area (Å²) in [7, 11) is 1.81. The standard InChI is InChI=1S/C24H32N4O2.HI/c1-26-23(27-16-13-19-9-11-21(12-10-19)30-17-22(25)29)28-18-24(14-5-6-15-24)20-7-3-2-4-8-20;/h2-4,7-12H,5-6,13-18H2,1H3,(H2,25,29)(H2,26,27,28);1H. The Kier molecular flexibility index (Phi) is 10.1. The molecule has 0 saturated heterocycles. The number of nitrogens with zero attached hydrogens (tertiary/aromatic N) is 1. The molecule has 4 N–H and O–H groups in total. The first-order chi connectivity index (χ1) is 14.6. The minimum absolute atomic E-state index is 0. The average Bonchev–Trinajstić information content (AvgIpc) is 3.26. The molecule has 168 valence electrons. The number of aliphatic imine (C=N–C) groups is 1. The van der Waals surface area contributed by atoms with Gasteiger partial charge in [-0.05, 0) is 42.5 Å². The van der Waals surface area contributed by atoms with Crippen LogP contribution in [-0.4, -0.2) is 38.6 Å². The van der Waals surface area contributed by atoms with E-state index in [0.29, 0.717) is 5.75 Å². The molecule has 1 fully saturated rings. The van der Waals surface area contributed by atoms with Crippen molar-refractivity contribution in [3.05, 3.63) is 65.7 Å². The molecule has 1 saturated carbocycles. The third kappa shape index (κ3) is 7.41. The molecule has 1 aliphatic carbocycles. The Morgan fingerprint density at radius 2 is 1.74 bits per heavy atom. The number of rotatable bonds is 9. The van der Waals surface area contributed by atoms with Gasteiger partial charge >= 0.3 is 0 Å². The van der Waals surface area contributed by atoms with Crippen LogP contribution in [0.25, 0.3) is 0 Å². The zero-order valence-corrected chi connectivity index (χ0v) is 20.4. The second kappa shape index (κ2) is 12.5. The van der Waals surface area contributed by atoms with E-state index in [4.69, 9.17) is 10.5 Å². The largest absolute Gasteiger partial charge is 0.484 e. The van der Waals surface area contributed by atoms with Crippen LogP contribution in [0.2, 0.25) is 0 Å². The van der Waals surface area contributed by atoms with Crippen molar-refractivity contribution in [2.45, 2.75) is 37.5 Å². The van der Waals surface area contributed by atoms with Gasteiger partial charge in [0.25, 0.3) is 5.91 Å². The highest BCUT2D eigenvalue weighted by atomic mass is 127. The molecule has 0 radical (unpaired) electrons. The van der Waals surface area contributed by atoms with Gasteiger partial charge in [0.15, 0.2) is 12.6 Å². The lowest BCUT2D eigenvalue weighted by Crippen LogP contribution is -2.45. The highest BCUT2D eigenvalue weighted by Crippen LogP contribution is 2.40. The number of nitrogens with two attached hydrogens (primary N) is 1. The molecular weight excluding hydrogens is 503 g/mol. The van der Waals surface area contributed by atoms with Crippen LogP contribution in [-0.2, 0) is 16.6 Å². The minimum Gasteiger partial charge on any atom is -0.484 e. The molecule has 2 aromatic rings. The molecule has 7 heteroatoms. The number of nitrogens with one attached hydrogen (secondary N) is 2. The lowest BCUT2D eigenvalue weighted by Gasteiger charge is -2.30. The number of guanidine groups is 1. The van der Waals surface area contributed by atoms with Crippen molar-refractivity contribution in [3.63, 3.8) is 0 Å². The van der Waals surface area contributed by atoms with Gasteiger partial charge in [-0.1, -0.05) is 55.3 Å². The molecule has 3 rings (SSSR count). The summed E-state index contributed by atoms with van der Waals surface area (Å²) in [6, 6.07) is 18.5. The van der Waals surface area contributed by atoms with E-state index in [1.54, 1.807) is 0 Å². The van der Waals surface area contributed by atoms with Crippen molar-refractivity contribution in [1.82, 2.24) is 10.6 Å². The Morgan fingerprint density at radius 3 is 2.35 bits per heavy atom. The summed E-state index contributed by atoms with van der Waals surface area (Å²) < 4.78 is 5.29. The number of benzene rings is 2. The zero-order chi connectivity index (χ0) is 21.2. The minimum atomic E-state index is -0.478. The summed E-state index contributed by atoms with van der Waals surface area (Å²) in [5.41, 5.74) is 7.89. The number of carbonyl (C=O) groups excluding carboxylic acids is 1. The molecule has 1 aliphatic rings. The van der Waals surface area contributed by atoms with Crippen LogP contribution >= 0.6 is 24.0 Å². The van der Waals surface area contributed by atoms with Gasteiger partial charge in [0.1, 0.15) is 5.75 Å². The quantitative estimate of drug-likeness (QED) is 0.261. The zero-order valence-electron chi connectivity index (χ0n) is 18.1. The van der Waals surface area contributed by atoms with Crippen LogP contribution in [0.3, 0.4) is 0 Å². The Labute approximate surface area is 202 Å². The van der Waals surface area contributed by atoms with Crippen LogP contribution in [0.1, 0.15) is 36.8 Å². The third-order valence-electron chi connectivity index (χ3n) is 5.78. The van der Waals surface area contributed by atoms with Crippen LogP contribution in [0.4, 0.5) is 0 Å². The molecule has 6 nitrogen and oxygen atoms in total. The monoisotopic (exact) mass is 536 g/mol. The maximum Gasteiger partial charge on any atom is 0.255 e. The smallest absolute Gasteiger partial charge is 0.255 e. The number of halogens is 1. The SMILES string of the molecule is CN=C(NCCc1ccc(OCC(N)=O)cc1)NCC1(c2ccccc2)CCCC1.I. The maximum atomic E-state index is 10.8. The van der Waals surface area contributed by atoms with Gasteiger partial charge < -0.3 is 21.1 Å². The second-order valence-corrected chi connectivity index (χ2v) is 7.85. The van der Waals surface area contributed by atoms with Gasteiger partial charge in [0.05, 0.1) is 0 Å². The van der Waals surface area contributed by atoms with E-state index in [1.807, 2.05) is 31.3 Å². The molecule has 0 spiro atoms. The Balaban J connectivity index is 0.00000341. The van der Waals surface area contributed by atoms with Crippen molar-refractivity contribution in [3.8, 4) is 5.75 Å². The van der Waals surface area contributed by atoms with Crippen molar-refractivity contribution in [1.29, 1.82) is 0 Å². The van der Waals surface area contributed by atoms with E-state index < -0.39 is 5.91 Å². The molecule has 0 heterocycles. The molecule has 0 aliphatic heterocycles. The Morgan fingerprint density at radius 1 is 1.06 bits per heavy atom. The molecule has 0 unspecified atom stereocenters. The van der Waals surface area contributed by atoms with Crippen LogP contribution in [0, 0.1) is 0 Å². The Bertz CT molecular complexity index is 834. The van der Waals surface area contributed by atoms with Gasteiger partial charge in [-0.25, -0.2) is 0 Å². The fourth-order valence-corrected chi connectivity index (χ4v) is 4.12. The molecule has 0 bridgehead atoms. The van der Waals surface area contributed by atoms with Gasteiger partial charge in [-0.3, -0.25) is 9.79 Å². The van der Waals surface area contributed by atoms with E-state index in [0.717, 1.165) is 25.5 Å². The fourth-order valence-electron chi connectivity index (χ4n) is 4.12. The van der Waals surface area contributed by atoms with Crippen LogP contribution in [0.5, 0.6) is 5.75 Å². The summed E-state index contributed by atoms with van der Waals surface area (Å²) in [5.74, 6) is 0.998. The number of primary amides is 1. The van der Waals surface area contributed by atoms with E-state index >= 15 is 0 Å². The molecule has 0 aromatic heterocycles. The van der Waals surface area contributed by atoms with Crippen molar-refractivity contribution >= 4 is 35.8 Å². The van der Waals surface area contributed by atoms with Gasteiger partial charge in [-0.15, -0.1) is 24.0 Å². The molecular formula is C24H33IN4O2. The van der Waals surface area contributed by atoms with E-state index in [1.165, 1.54) is 36.8 Å². The Hall–Kier alpha value is -2.29. The molecule has 31 heavy (non-hydrogen) atoms. The van der Waals surface area contributed by atoms with E-state index in [2.05, 4.69) is 46.0 Å². The fraction of sp³-hybridized carbons (Fsp3) is 0.417. The van der Waals surface area contributed by atoms with Crippen molar-refractivity contribution in [2.75, 3.05) is 26.7 Å². The van der Waals surface area contributed by atoms with Gasteiger partial charge in [0, 0.05) is 25.6 Å². The molecule has 2 aromatic carbocycles. The molecule has 0 atom stereocenters. The predicted molar refractivity (Wildman–Crippen MR) is 136 cm³/mol. The van der Waals surface area contributed by atoms with Crippen LogP contribution < -0.4 is 21.1 Å². The average molecular weight is 536 g/mol. The number of carbonyl (C=O) groups is 1. The molecule has 1 amide bonds. The lowest BCUT2D eigenvalue weighted by molar-refractivity contribution is -0.119. The maximum absolute atomic E-state index is 10.8. The summed E-state index contributed by atoms with van der Waals surface area (Å²) in [4.78, 5) is 15.2. The normalized spacial score (nSPS) is 15.1. The highest BCUT2D eigenvalue weighted by molar-refractivity contribution is 14.0. The number of amides is 1. The van der Waals surface area contributed by atoms with E-state index in [-0.39, 0.29) is 36.0 Å². The number of ether oxygens (including phenoxy) is 1. The first-order valence-corrected chi connectivity index (χ1v) is 10.6. The van der Waals surface area contributed by atoms with E-state index in [9.17, 15) is 4.79 Å². The number of hydrogen-bond donors (Lipinski definition) is 3.